The minimum absolute atomic E-state index is 0.0745. The van der Waals surface area contributed by atoms with Gasteiger partial charge in [0, 0.05) is 24.7 Å². The number of carbonyl (C=O) groups excluding carboxylic acids is 1. The minimum Gasteiger partial charge on any atom is -0.508 e. The molecule has 1 fully saturated rings. The van der Waals surface area contributed by atoms with Crippen molar-refractivity contribution < 1.29 is 9.90 Å². The zero-order valence-electron chi connectivity index (χ0n) is 12.4. The zero-order valence-corrected chi connectivity index (χ0v) is 12.4. The second-order valence-electron chi connectivity index (χ2n) is 5.54. The Morgan fingerprint density at radius 2 is 2.30 bits per heavy atom. The molecule has 1 aromatic carbocycles. The second kappa shape index (κ2) is 6.75. The van der Waals surface area contributed by atoms with Gasteiger partial charge in [-0.15, -0.1) is 0 Å². The van der Waals surface area contributed by atoms with Gasteiger partial charge in [0.2, 0.25) is 0 Å². The molecule has 110 valence electrons. The van der Waals surface area contributed by atoms with E-state index in [1.165, 1.54) is 0 Å². The van der Waals surface area contributed by atoms with Crippen LogP contribution in [0.4, 0.5) is 0 Å². The van der Waals surface area contributed by atoms with E-state index >= 15 is 0 Å². The molecule has 0 bridgehead atoms. The maximum atomic E-state index is 12.6. The van der Waals surface area contributed by atoms with E-state index in [0.717, 1.165) is 44.5 Å². The normalized spacial score (nSPS) is 19.1. The molecule has 1 aliphatic rings. The summed E-state index contributed by atoms with van der Waals surface area (Å²) in [6, 6.07) is 5.35. The van der Waals surface area contributed by atoms with Crippen molar-refractivity contribution in [2.75, 3.05) is 19.6 Å². The van der Waals surface area contributed by atoms with E-state index in [0.29, 0.717) is 11.6 Å². The maximum Gasteiger partial charge on any atom is 0.254 e. The number of phenols is 1. The Hall–Kier alpha value is -1.55. The fraction of sp³-hybridized carbons (Fsp3) is 0.562. The Morgan fingerprint density at radius 1 is 1.50 bits per heavy atom. The third-order valence-corrected chi connectivity index (χ3v) is 3.83. The number of nitrogens with zero attached hydrogens (tertiary/aromatic N) is 1. The summed E-state index contributed by atoms with van der Waals surface area (Å²) in [6.07, 6.45) is 3.30. The Kier molecular flexibility index (Phi) is 5.01. The van der Waals surface area contributed by atoms with Crippen LogP contribution in [-0.2, 0) is 0 Å². The van der Waals surface area contributed by atoms with Crippen LogP contribution < -0.4 is 5.32 Å². The van der Waals surface area contributed by atoms with E-state index in [1.807, 2.05) is 11.8 Å². The van der Waals surface area contributed by atoms with Gasteiger partial charge in [0.15, 0.2) is 0 Å². The molecule has 20 heavy (non-hydrogen) atoms. The lowest BCUT2D eigenvalue weighted by atomic mass is 10.0. The van der Waals surface area contributed by atoms with Crippen molar-refractivity contribution in [1.29, 1.82) is 0 Å². The number of nitrogens with one attached hydrogen (secondary N) is 1. The molecule has 1 atom stereocenters. The van der Waals surface area contributed by atoms with Crippen molar-refractivity contribution in [3.8, 4) is 5.75 Å². The highest BCUT2D eigenvalue weighted by atomic mass is 16.3. The molecule has 0 aliphatic carbocycles. The molecule has 0 saturated carbocycles. The molecule has 1 aliphatic heterocycles. The van der Waals surface area contributed by atoms with Gasteiger partial charge in [0.05, 0.1) is 0 Å². The van der Waals surface area contributed by atoms with Crippen LogP contribution in [0.15, 0.2) is 18.2 Å². The molecule has 1 aromatic rings. The van der Waals surface area contributed by atoms with Crippen molar-refractivity contribution in [3.05, 3.63) is 29.3 Å². The molecule has 2 N–H and O–H groups in total. The van der Waals surface area contributed by atoms with Gasteiger partial charge in [-0.3, -0.25) is 4.79 Å². The third kappa shape index (κ3) is 3.51. The van der Waals surface area contributed by atoms with Crippen LogP contribution in [0.25, 0.3) is 0 Å². The number of hydrogen-bond donors (Lipinski definition) is 2. The molecular weight excluding hydrogens is 252 g/mol. The average molecular weight is 276 g/mol. The molecule has 4 heteroatoms. The molecule has 0 spiro atoms. The molecule has 2 rings (SSSR count). The van der Waals surface area contributed by atoms with Crippen molar-refractivity contribution in [3.63, 3.8) is 0 Å². The molecule has 1 heterocycles. The standard InChI is InChI=1S/C16H24N2O2/c1-3-8-17-13-5-4-9-18(11-13)16(20)15-7-6-14(19)10-12(15)2/h6-7,10,13,17,19H,3-5,8-9,11H2,1-2H3. The molecule has 0 aromatic heterocycles. The monoisotopic (exact) mass is 276 g/mol. The number of carbonyl (C=O) groups is 1. The molecule has 1 unspecified atom stereocenters. The maximum absolute atomic E-state index is 12.6. The fourth-order valence-electron chi connectivity index (χ4n) is 2.73. The van der Waals surface area contributed by atoms with Gasteiger partial charge >= 0.3 is 0 Å². The molecule has 4 nitrogen and oxygen atoms in total. The summed E-state index contributed by atoms with van der Waals surface area (Å²) in [5.74, 6) is 0.283. The predicted octanol–water partition coefficient (Wildman–Crippen LogP) is 2.30. The Morgan fingerprint density at radius 3 is 3.00 bits per heavy atom. The van der Waals surface area contributed by atoms with Gasteiger partial charge in [-0.05, 0) is 56.5 Å². The van der Waals surface area contributed by atoms with Gasteiger partial charge in [-0.2, -0.15) is 0 Å². The van der Waals surface area contributed by atoms with Crippen LogP contribution in [-0.4, -0.2) is 41.6 Å². The van der Waals surface area contributed by atoms with Gasteiger partial charge in [0.1, 0.15) is 5.75 Å². The molecule has 1 saturated heterocycles. The number of phenolic OH excluding ortho intramolecular Hbond substituents is 1. The summed E-state index contributed by atoms with van der Waals surface area (Å²) in [5, 5.41) is 12.9. The van der Waals surface area contributed by atoms with Crippen LogP contribution >= 0.6 is 0 Å². The van der Waals surface area contributed by atoms with E-state index in [-0.39, 0.29) is 11.7 Å². The summed E-state index contributed by atoms with van der Waals surface area (Å²) in [4.78, 5) is 14.5. The minimum atomic E-state index is 0.0745. The first-order chi connectivity index (χ1) is 9.61. The number of rotatable bonds is 4. The van der Waals surface area contributed by atoms with Crippen molar-refractivity contribution >= 4 is 5.91 Å². The predicted molar refractivity (Wildman–Crippen MR) is 80.1 cm³/mol. The van der Waals surface area contributed by atoms with Crippen molar-refractivity contribution in [2.45, 2.75) is 39.2 Å². The van der Waals surface area contributed by atoms with E-state index in [4.69, 9.17) is 0 Å². The first-order valence-electron chi connectivity index (χ1n) is 7.44. The molecule has 0 radical (unpaired) electrons. The zero-order chi connectivity index (χ0) is 14.5. The Labute approximate surface area is 120 Å². The first-order valence-corrected chi connectivity index (χ1v) is 7.44. The summed E-state index contributed by atoms with van der Waals surface area (Å²) in [6.45, 7) is 6.62. The van der Waals surface area contributed by atoms with Crippen LogP contribution in [0.1, 0.15) is 42.1 Å². The van der Waals surface area contributed by atoms with E-state index in [2.05, 4.69) is 12.2 Å². The smallest absolute Gasteiger partial charge is 0.254 e. The van der Waals surface area contributed by atoms with Gasteiger partial charge in [-0.25, -0.2) is 0 Å². The van der Waals surface area contributed by atoms with Crippen molar-refractivity contribution in [1.82, 2.24) is 10.2 Å². The number of hydrogen-bond acceptors (Lipinski definition) is 3. The molecule has 1 amide bonds. The Balaban J connectivity index is 2.04. The van der Waals surface area contributed by atoms with Crippen LogP contribution in [0.5, 0.6) is 5.75 Å². The highest BCUT2D eigenvalue weighted by Gasteiger charge is 2.24. The van der Waals surface area contributed by atoms with Crippen LogP contribution in [0.3, 0.4) is 0 Å². The largest absolute Gasteiger partial charge is 0.508 e. The summed E-state index contributed by atoms with van der Waals surface area (Å²) < 4.78 is 0. The lowest BCUT2D eigenvalue weighted by Crippen LogP contribution is -2.48. The van der Waals surface area contributed by atoms with Crippen LogP contribution in [0.2, 0.25) is 0 Å². The van der Waals surface area contributed by atoms with E-state index in [1.54, 1.807) is 18.2 Å². The number of aromatic hydroxyl groups is 1. The fourth-order valence-corrected chi connectivity index (χ4v) is 2.73. The quantitative estimate of drug-likeness (QED) is 0.887. The highest BCUT2D eigenvalue weighted by molar-refractivity contribution is 5.95. The van der Waals surface area contributed by atoms with Gasteiger partial charge in [-0.1, -0.05) is 6.92 Å². The number of aryl methyl sites for hydroxylation is 1. The summed E-state index contributed by atoms with van der Waals surface area (Å²) >= 11 is 0. The van der Waals surface area contributed by atoms with Gasteiger partial charge < -0.3 is 15.3 Å². The Bertz CT molecular complexity index is 474. The van der Waals surface area contributed by atoms with Gasteiger partial charge in [0.25, 0.3) is 5.91 Å². The topological polar surface area (TPSA) is 52.6 Å². The number of piperidine rings is 1. The van der Waals surface area contributed by atoms with E-state index in [9.17, 15) is 9.90 Å². The first kappa shape index (κ1) is 14.9. The highest BCUT2D eigenvalue weighted by Crippen LogP contribution is 2.19. The van der Waals surface area contributed by atoms with E-state index < -0.39 is 0 Å². The summed E-state index contributed by atoms with van der Waals surface area (Å²) in [5.41, 5.74) is 1.53. The number of benzene rings is 1. The average Bonchev–Trinajstić information content (AvgIpc) is 2.45. The summed E-state index contributed by atoms with van der Waals surface area (Å²) in [7, 11) is 0. The third-order valence-electron chi connectivity index (χ3n) is 3.83. The van der Waals surface area contributed by atoms with Crippen LogP contribution in [0, 0.1) is 6.92 Å². The second-order valence-corrected chi connectivity index (χ2v) is 5.54. The van der Waals surface area contributed by atoms with Crippen molar-refractivity contribution in [2.24, 2.45) is 0 Å². The lowest BCUT2D eigenvalue weighted by molar-refractivity contribution is 0.0694. The SMILES string of the molecule is CCCNC1CCCN(C(=O)c2ccc(O)cc2C)C1. The lowest BCUT2D eigenvalue weighted by Gasteiger charge is -2.33. The number of likely N-dealkylation sites (tertiary alicyclic amines) is 1. The number of amides is 1. The molecular formula is C16H24N2O2.